The van der Waals surface area contributed by atoms with E-state index in [9.17, 15) is 14.0 Å². The maximum Gasteiger partial charge on any atom is 0.255 e. The van der Waals surface area contributed by atoms with E-state index in [1.54, 1.807) is 41.3 Å². The Labute approximate surface area is 192 Å². The molecule has 1 N–H and O–H groups in total. The average Bonchev–Trinajstić information content (AvgIpc) is 3.28. The second-order valence-electron chi connectivity index (χ2n) is 7.93. The predicted molar refractivity (Wildman–Crippen MR) is 123 cm³/mol. The van der Waals surface area contributed by atoms with E-state index in [2.05, 4.69) is 10.2 Å². The first-order valence-corrected chi connectivity index (χ1v) is 12.0. The highest BCUT2D eigenvalue weighted by Crippen LogP contribution is 2.42. The number of rotatable bonds is 7. The predicted octanol–water partition coefficient (Wildman–Crippen LogP) is 2.92. The van der Waals surface area contributed by atoms with E-state index in [4.69, 9.17) is 4.74 Å². The van der Waals surface area contributed by atoms with Gasteiger partial charge in [0.15, 0.2) is 0 Å². The highest BCUT2D eigenvalue weighted by Gasteiger charge is 2.42. The number of halogens is 1. The van der Waals surface area contributed by atoms with Crippen molar-refractivity contribution in [2.75, 3.05) is 45.1 Å². The van der Waals surface area contributed by atoms with Crippen LogP contribution in [0.1, 0.15) is 27.7 Å². The largest absolute Gasteiger partial charge is 0.379 e. The van der Waals surface area contributed by atoms with E-state index in [-0.39, 0.29) is 17.6 Å². The first-order valence-electron chi connectivity index (χ1n) is 11.0. The minimum atomic E-state index is -0.607. The number of amides is 2. The van der Waals surface area contributed by atoms with Gasteiger partial charge in [-0.1, -0.05) is 30.3 Å². The lowest BCUT2D eigenvalue weighted by Crippen LogP contribution is -2.48. The van der Waals surface area contributed by atoms with Gasteiger partial charge in [0, 0.05) is 31.0 Å². The summed E-state index contributed by atoms with van der Waals surface area (Å²) in [4.78, 5) is 30.4. The summed E-state index contributed by atoms with van der Waals surface area (Å²) in [5, 5.41) is 2.59. The van der Waals surface area contributed by atoms with Gasteiger partial charge in [0.2, 0.25) is 5.91 Å². The van der Waals surface area contributed by atoms with Crippen LogP contribution in [0.2, 0.25) is 0 Å². The van der Waals surface area contributed by atoms with Gasteiger partial charge in [-0.05, 0) is 42.8 Å². The summed E-state index contributed by atoms with van der Waals surface area (Å²) in [5.74, 6) is -0.276. The number of nitrogens with one attached hydrogen (secondary N) is 1. The van der Waals surface area contributed by atoms with E-state index in [0.29, 0.717) is 23.4 Å². The Kier molecular flexibility index (Phi) is 7.78. The van der Waals surface area contributed by atoms with E-state index in [1.807, 2.05) is 6.07 Å². The zero-order chi connectivity index (χ0) is 22.3. The van der Waals surface area contributed by atoms with Crippen molar-refractivity contribution < 1.29 is 18.7 Å². The van der Waals surface area contributed by atoms with Crippen LogP contribution in [0.5, 0.6) is 0 Å². The van der Waals surface area contributed by atoms with Crippen molar-refractivity contribution >= 4 is 23.6 Å². The summed E-state index contributed by atoms with van der Waals surface area (Å²) in [6.45, 7) is 4.80. The van der Waals surface area contributed by atoms with Crippen molar-refractivity contribution in [1.29, 1.82) is 0 Å². The number of thioether (sulfide) groups is 1. The van der Waals surface area contributed by atoms with E-state index in [0.717, 1.165) is 39.3 Å². The molecule has 2 aliphatic rings. The van der Waals surface area contributed by atoms with Crippen molar-refractivity contribution in [3.63, 3.8) is 0 Å². The zero-order valence-electron chi connectivity index (χ0n) is 17.9. The van der Waals surface area contributed by atoms with E-state index < -0.39 is 11.4 Å². The lowest BCUT2D eigenvalue weighted by atomic mass is 10.1. The molecule has 32 heavy (non-hydrogen) atoms. The zero-order valence-corrected chi connectivity index (χ0v) is 18.7. The minimum absolute atomic E-state index is 0.164. The molecule has 0 spiro atoms. The van der Waals surface area contributed by atoms with Crippen LogP contribution in [-0.2, 0) is 9.53 Å². The van der Waals surface area contributed by atoms with Crippen LogP contribution in [0.15, 0.2) is 54.6 Å². The molecule has 2 unspecified atom stereocenters. The molecule has 0 saturated carbocycles. The number of benzene rings is 2. The maximum absolute atomic E-state index is 13.9. The first-order chi connectivity index (χ1) is 15.6. The maximum atomic E-state index is 13.9. The topological polar surface area (TPSA) is 61.9 Å². The second kappa shape index (κ2) is 10.9. The number of carbonyl (C=O) groups excluding carboxylic acids is 2. The van der Waals surface area contributed by atoms with Crippen LogP contribution in [0.4, 0.5) is 4.39 Å². The Morgan fingerprint density at radius 2 is 1.88 bits per heavy atom. The summed E-state index contributed by atoms with van der Waals surface area (Å²) >= 11 is 1.49. The summed E-state index contributed by atoms with van der Waals surface area (Å²) < 4.78 is 19.2. The lowest BCUT2D eigenvalue weighted by Gasteiger charge is -2.29. The number of hydrogen-bond acceptors (Lipinski definition) is 5. The number of ether oxygens (including phenoxy) is 1. The molecule has 2 fully saturated rings. The van der Waals surface area contributed by atoms with Crippen LogP contribution >= 0.6 is 11.8 Å². The fraction of sp³-hybridized carbons (Fsp3) is 0.417. The molecular formula is C24H28FN3O3S. The minimum Gasteiger partial charge on any atom is -0.379 e. The van der Waals surface area contributed by atoms with Gasteiger partial charge in [0.05, 0.1) is 13.2 Å². The van der Waals surface area contributed by atoms with Crippen molar-refractivity contribution in [3.8, 4) is 0 Å². The molecule has 0 aromatic heterocycles. The van der Waals surface area contributed by atoms with Gasteiger partial charge >= 0.3 is 0 Å². The monoisotopic (exact) mass is 457 g/mol. The Hall–Kier alpha value is -2.42. The molecule has 2 heterocycles. The molecule has 0 radical (unpaired) electrons. The molecular weight excluding hydrogens is 429 g/mol. The van der Waals surface area contributed by atoms with Crippen LogP contribution < -0.4 is 5.32 Å². The quantitative estimate of drug-likeness (QED) is 0.648. The molecule has 2 aromatic rings. The Morgan fingerprint density at radius 1 is 1.09 bits per heavy atom. The van der Waals surface area contributed by atoms with Crippen LogP contribution in [0, 0.1) is 5.82 Å². The molecule has 0 aliphatic carbocycles. The fourth-order valence-electron chi connectivity index (χ4n) is 4.06. The number of hydrogen-bond donors (Lipinski definition) is 1. The molecule has 0 bridgehead atoms. The van der Waals surface area contributed by atoms with E-state index in [1.165, 1.54) is 23.9 Å². The van der Waals surface area contributed by atoms with Gasteiger partial charge < -0.3 is 15.0 Å². The second-order valence-corrected chi connectivity index (χ2v) is 9.05. The Morgan fingerprint density at radius 3 is 2.62 bits per heavy atom. The van der Waals surface area contributed by atoms with Gasteiger partial charge in [-0.15, -0.1) is 11.8 Å². The molecule has 8 heteroatoms. The number of carbonyl (C=O) groups is 2. The molecule has 6 nitrogen and oxygen atoms in total. The number of nitrogens with zero attached hydrogens (tertiary/aromatic N) is 2. The van der Waals surface area contributed by atoms with Crippen LogP contribution in [0.25, 0.3) is 0 Å². The summed E-state index contributed by atoms with van der Waals surface area (Å²) in [5.41, 5.74) is 1.20. The molecule has 2 aromatic carbocycles. The number of morpholine rings is 1. The van der Waals surface area contributed by atoms with Crippen molar-refractivity contribution in [2.24, 2.45) is 0 Å². The first kappa shape index (κ1) is 22.8. The van der Waals surface area contributed by atoms with E-state index >= 15 is 0 Å². The highest BCUT2D eigenvalue weighted by atomic mass is 32.2. The van der Waals surface area contributed by atoms with Crippen molar-refractivity contribution in [1.82, 2.24) is 15.1 Å². The fourth-order valence-corrected chi connectivity index (χ4v) is 5.48. The Balaban J connectivity index is 1.44. The van der Waals surface area contributed by atoms with Gasteiger partial charge in [-0.2, -0.15) is 0 Å². The molecule has 2 atom stereocenters. The molecule has 4 rings (SSSR count). The molecule has 2 saturated heterocycles. The molecule has 2 amide bonds. The standard InChI is InChI=1S/C24H28FN3O3S/c25-20-9-4-8-19(16-20)24-28(23(30)18-6-2-1-3-7-18)21(17-32-24)22(29)26-10-5-11-27-12-14-31-15-13-27/h1-4,6-9,16,21,24H,5,10-15,17H2,(H,26,29). The smallest absolute Gasteiger partial charge is 0.255 e. The normalized spacial score (nSPS) is 21.5. The third-order valence-electron chi connectivity index (χ3n) is 5.75. The van der Waals surface area contributed by atoms with Crippen molar-refractivity contribution in [2.45, 2.75) is 17.8 Å². The molecule has 170 valence electrons. The van der Waals surface area contributed by atoms with Gasteiger partial charge in [0.1, 0.15) is 17.2 Å². The Bertz CT molecular complexity index is 924. The summed E-state index contributed by atoms with van der Waals surface area (Å²) in [6, 6.07) is 14.6. The lowest BCUT2D eigenvalue weighted by molar-refractivity contribution is -0.124. The highest BCUT2D eigenvalue weighted by molar-refractivity contribution is 7.99. The third kappa shape index (κ3) is 5.49. The van der Waals surface area contributed by atoms with Gasteiger partial charge in [0.25, 0.3) is 5.91 Å². The third-order valence-corrected chi connectivity index (χ3v) is 7.07. The van der Waals surface area contributed by atoms with Gasteiger partial charge in [-0.3, -0.25) is 14.5 Å². The summed E-state index contributed by atoms with van der Waals surface area (Å²) in [7, 11) is 0. The van der Waals surface area contributed by atoms with Crippen LogP contribution in [0.3, 0.4) is 0 Å². The molecule has 2 aliphatic heterocycles. The SMILES string of the molecule is O=C(NCCCN1CCOCC1)C1CSC(c2cccc(F)c2)N1C(=O)c1ccccc1. The van der Waals surface area contributed by atoms with Crippen molar-refractivity contribution in [3.05, 3.63) is 71.5 Å². The van der Waals surface area contributed by atoms with Crippen LogP contribution in [-0.4, -0.2) is 72.8 Å². The average molecular weight is 458 g/mol. The van der Waals surface area contributed by atoms with Gasteiger partial charge in [-0.25, -0.2) is 4.39 Å². The summed E-state index contributed by atoms with van der Waals surface area (Å²) in [6.07, 6.45) is 0.839.